The average molecular weight is 287 g/mol. The molecule has 0 aliphatic carbocycles. The van der Waals surface area contributed by atoms with Gasteiger partial charge in [0.15, 0.2) is 0 Å². The molecule has 6 heteroatoms. The molecule has 0 atom stereocenters. The van der Waals surface area contributed by atoms with Crippen LogP contribution in [-0.2, 0) is 0 Å². The van der Waals surface area contributed by atoms with E-state index < -0.39 is 4.92 Å². The van der Waals surface area contributed by atoms with Crippen LogP contribution in [0.3, 0.4) is 0 Å². The van der Waals surface area contributed by atoms with Crippen molar-refractivity contribution in [1.82, 2.24) is 4.98 Å². The lowest BCUT2D eigenvalue weighted by atomic mass is 10.2. The van der Waals surface area contributed by atoms with Gasteiger partial charge in [0, 0.05) is 6.07 Å². The molecule has 2 rings (SSSR count). The van der Waals surface area contributed by atoms with Crippen LogP contribution in [0.25, 0.3) is 0 Å². The summed E-state index contributed by atoms with van der Waals surface area (Å²) in [5.74, 6) is 1.43. The van der Waals surface area contributed by atoms with Crippen LogP contribution >= 0.6 is 0 Å². The summed E-state index contributed by atoms with van der Waals surface area (Å²) in [5.41, 5.74) is 1.56. The summed E-state index contributed by atoms with van der Waals surface area (Å²) >= 11 is 0. The first-order chi connectivity index (χ1) is 10.1. The van der Waals surface area contributed by atoms with Gasteiger partial charge in [-0.2, -0.15) is 0 Å². The molecule has 1 aromatic carbocycles. The molecule has 0 amide bonds. The minimum absolute atomic E-state index is 0.0246. The molecule has 0 saturated heterocycles. The van der Waals surface area contributed by atoms with Crippen molar-refractivity contribution >= 4 is 11.5 Å². The highest BCUT2D eigenvalue weighted by Gasteiger charge is 2.11. The molecule has 0 unspecified atom stereocenters. The van der Waals surface area contributed by atoms with E-state index >= 15 is 0 Å². The summed E-state index contributed by atoms with van der Waals surface area (Å²) in [4.78, 5) is 14.4. The fourth-order valence-electron chi connectivity index (χ4n) is 1.90. The number of aryl methyl sites for hydroxylation is 2. The number of nitro groups is 1. The van der Waals surface area contributed by atoms with Gasteiger partial charge in [-0.3, -0.25) is 10.1 Å². The van der Waals surface area contributed by atoms with Crippen molar-refractivity contribution in [3.05, 3.63) is 57.8 Å². The number of rotatable bonds is 6. The number of anilines is 1. The maximum absolute atomic E-state index is 10.7. The Balaban J connectivity index is 1.84. The van der Waals surface area contributed by atoms with Crippen LogP contribution in [0.1, 0.15) is 11.3 Å². The summed E-state index contributed by atoms with van der Waals surface area (Å²) in [6, 6.07) is 10.9. The standard InChI is InChI=1S/C15H17N3O3/c1-11-4-3-5-13(10-11)21-9-8-16-15-7-6-14(18(19)20)12(2)17-15/h3-7,10H,8-9H2,1-2H3,(H,16,17). The Bertz CT molecular complexity index is 644. The highest BCUT2D eigenvalue weighted by molar-refractivity contribution is 5.44. The van der Waals surface area contributed by atoms with E-state index in [0.717, 1.165) is 11.3 Å². The van der Waals surface area contributed by atoms with Gasteiger partial charge in [-0.15, -0.1) is 0 Å². The van der Waals surface area contributed by atoms with Crippen molar-refractivity contribution in [2.45, 2.75) is 13.8 Å². The Labute approximate surface area is 122 Å². The summed E-state index contributed by atoms with van der Waals surface area (Å²) < 4.78 is 5.60. The molecule has 0 aliphatic heterocycles. The zero-order valence-corrected chi connectivity index (χ0v) is 12.0. The average Bonchev–Trinajstić information content (AvgIpc) is 2.43. The van der Waals surface area contributed by atoms with Crippen molar-refractivity contribution in [3.63, 3.8) is 0 Å². The predicted octanol–water partition coefficient (Wildman–Crippen LogP) is 3.10. The van der Waals surface area contributed by atoms with E-state index in [1.54, 1.807) is 13.0 Å². The van der Waals surface area contributed by atoms with E-state index in [9.17, 15) is 10.1 Å². The van der Waals surface area contributed by atoms with E-state index in [-0.39, 0.29) is 5.69 Å². The second-order valence-corrected chi connectivity index (χ2v) is 4.65. The van der Waals surface area contributed by atoms with Crippen LogP contribution in [0.4, 0.5) is 11.5 Å². The lowest BCUT2D eigenvalue weighted by Crippen LogP contribution is -2.12. The molecule has 1 aromatic heterocycles. The smallest absolute Gasteiger partial charge is 0.290 e. The van der Waals surface area contributed by atoms with Gasteiger partial charge in [0.25, 0.3) is 5.69 Å². The number of hydrogen-bond donors (Lipinski definition) is 1. The van der Waals surface area contributed by atoms with Gasteiger partial charge in [0.05, 0.1) is 11.5 Å². The normalized spacial score (nSPS) is 10.2. The number of aromatic nitrogens is 1. The fraction of sp³-hybridized carbons (Fsp3) is 0.267. The molecule has 21 heavy (non-hydrogen) atoms. The quantitative estimate of drug-likeness (QED) is 0.502. The van der Waals surface area contributed by atoms with Gasteiger partial charge >= 0.3 is 0 Å². The SMILES string of the molecule is Cc1cccc(OCCNc2ccc([N+](=O)[O-])c(C)n2)c1. The Morgan fingerprint density at radius 3 is 2.76 bits per heavy atom. The molecule has 0 aliphatic rings. The van der Waals surface area contributed by atoms with Gasteiger partial charge < -0.3 is 10.1 Å². The minimum atomic E-state index is -0.438. The number of hydrogen-bond acceptors (Lipinski definition) is 5. The van der Waals surface area contributed by atoms with E-state index in [0.29, 0.717) is 24.7 Å². The second kappa shape index (κ2) is 6.69. The molecule has 0 fully saturated rings. The van der Waals surface area contributed by atoms with Gasteiger partial charge in [-0.1, -0.05) is 12.1 Å². The van der Waals surface area contributed by atoms with Crippen molar-refractivity contribution in [2.75, 3.05) is 18.5 Å². The third-order valence-corrected chi connectivity index (χ3v) is 2.92. The third-order valence-electron chi connectivity index (χ3n) is 2.92. The highest BCUT2D eigenvalue weighted by atomic mass is 16.6. The Hall–Kier alpha value is -2.63. The van der Waals surface area contributed by atoms with E-state index in [2.05, 4.69) is 10.3 Å². The molecule has 1 N–H and O–H groups in total. The maximum atomic E-state index is 10.7. The van der Waals surface area contributed by atoms with Crippen LogP contribution in [0.5, 0.6) is 5.75 Å². The van der Waals surface area contributed by atoms with Crippen LogP contribution in [0.15, 0.2) is 36.4 Å². The molecule has 6 nitrogen and oxygen atoms in total. The Kier molecular flexibility index (Phi) is 4.71. The number of pyridine rings is 1. The number of nitrogens with one attached hydrogen (secondary N) is 1. The zero-order valence-electron chi connectivity index (χ0n) is 12.0. The monoisotopic (exact) mass is 287 g/mol. The largest absolute Gasteiger partial charge is 0.492 e. The molecular weight excluding hydrogens is 270 g/mol. The molecule has 110 valence electrons. The summed E-state index contributed by atoms with van der Waals surface area (Å²) in [5, 5.41) is 13.8. The topological polar surface area (TPSA) is 77.3 Å². The Morgan fingerprint density at radius 2 is 2.10 bits per heavy atom. The van der Waals surface area contributed by atoms with Crippen molar-refractivity contribution in [2.24, 2.45) is 0 Å². The minimum Gasteiger partial charge on any atom is -0.492 e. The number of benzene rings is 1. The zero-order chi connectivity index (χ0) is 15.2. The van der Waals surface area contributed by atoms with Crippen LogP contribution in [-0.4, -0.2) is 23.1 Å². The molecule has 0 saturated carbocycles. The van der Waals surface area contributed by atoms with E-state index in [1.807, 2.05) is 31.2 Å². The van der Waals surface area contributed by atoms with E-state index in [4.69, 9.17) is 4.74 Å². The molecule has 0 radical (unpaired) electrons. The second-order valence-electron chi connectivity index (χ2n) is 4.65. The van der Waals surface area contributed by atoms with Crippen LogP contribution in [0.2, 0.25) is 0 Å². The van der Waals surface area contributed by atoms with Gasteiger partial charge in [-0.25, -0.2) is 4.98 Å². The Morgan fingerprint density at radius 1 is 1.29 bits per heavy atom. The summed E-state index contributed by atoms with van der Waals surface area (Å²) in [7, 11) is 0. The number of nitrogens with zero attached hydrogens (tertiary/aromatic N) is 2. The van der Waals surface area contributed by atoms with Gasteiger partial charge in [-0.05, 0) is 37.6 Å². The van der Waals surface area contributed by atoms with Gasteiger partial charge in [0.2, 0.25) is 0 Å². The highest BCUT2D eigenvalue weighted by Crippen LogP contribution is 2.17. The molecule has 1 heterocycles. The third kappa shape index (κ3) is 4.17. The molecular formula is C15H17N3O3. The van der Waals surface area contributed by atoms with Gasteiger partial charge in [0.1, 0.15) is 23.9 Å². The lowest BCUT2D eigenvalue weighted by molar-refractivity contribution is -0.385. The molecule has 0 bridgehead atoms. The van der Waals surface area contributed by atoms with Crippen molar-refractivity contribution < 1.29 is 9.66 Å². The fourth-order valence-corrected chi connectivity index (χ4v) is 1.90. The lowest BCUT2D eigenvalue weighted by Gasteiger charge is -2.09. The first kappa shape index (κ1) is 14.8. The van der Waals surface area contributed by atoms with Crippen LogP contribution in [0, 0.1) is 24.0 Å². The predicted molar refractivity (Wildman–Crippen MR) is 80.8 cm³/mol. The summed E-state index contributed by atoms with van der Waals surface area (Å²) in [6.07, 6.45) is 0. The first-order valence-electron chi connectivity index (χ1n) is 6.61. The van der Waals surface area contributed by atoms with E-state index in [1.165, 1.54) is 6.07 Å². The molecule has 2 aromatic rings. The maximum Gasteiger partial charge on any atom is 0.290 e. The first-order valence-corrected chi connectivity index (χ1v) is 6.61. The number of ether oxygens (including phenoxy) is 1. The summed E-state index contributed by atoms with van der Waals surface area (Å²) in [6.45, 7) is 4.68. The molecule has 0 spiro atoms. The van der Waals surface area contributed by atoms with Crippen LogP contribution < -0.4 is 10.1 Å². The van der Waals surface area contributed by atoms with Crippen molar-refractivity contribution in [3.8, 4) is 5.75 Å². The van der Waals surface area contributed by atoms with Crippen molar-refractivity contribution in [1.29, 1.82) is 0 Å².